The zero-order valence-electron chi connectivity index (χ0n) is 14.7. The van der Waals surface area contributed by atoms with Gasteiger partial charge in [-0.1, -0.05) is 12.1 Å². The third-order valence-electron chi connectivity index (χ3n) is 4.01. The first-order valence-corrected chi connectivity index (χ1v) is 8.30. The maximum atomic E-state index is 12.2. The van der Waals surface area contributed by atoms with Gasteiger partial charge in [0.15, 0.2) is 0 Å². The van der Waals surface area contributed by atoms with Gasteiger partial charge in [0, 0.05) is 25.7 Å². The number of para-hydroxylation sites is 2. The molecule has 1 fully saturated rings. The molecule has 1 aromatic carbocycles. The van der Waals surface area contributed by atoms with Crippen molar-refractivity contribution in [2.45, 2.75) is 39.3 Å². The maximum absolute atomic E-state index is 12.2. The molecule has 2 aromatic rings. The lowest BCUT2D eigenvalue weighted by Crippen LogP contribution is -2.54. The van der Waals surface area contributed by atoms with E-state index in [1.807, 2.05) is 51.2 Å². The Hall–Kier alpha value is -2.37. The second-order valence-electron chi connectivity index (χ2n) is 7.19. The van der Waals surface area contributed by atoms with Crippen LogP contribution in [-0.2, 0) is 4.74 Å². The number of benzene rings is 1. The van der Waals surface area contributed by atoms with E-state index >= 15 is 0 Å². The Balaban J connectivity index is 1.72. The van der Waals surface area contributed by atoms with Crippen molar-refractivity contribution < 1.29 is 9.53 Å². The largest absolute Gasteiger partial charge is 0.444 e. The summed E-state index contributed by atoms with van der Waals surface area (Å²) in [6.07, 6.45) is 1.56. The van der Waals surface area contributed by atoms with E-state index in [0.717, 1.165) is 16.9 Å². The standard InChI is InChI=1S/C18H24N4O2/c1-13-12-21(17(23)24-18(2,3)4)9-10-22(13)16-11-19-14-7-5-6-8-15(14)20-16/h5-8,11,13H,9-10,12H2,1-4H3. The van der Waals surface area contributed by atoms with Crippen molar-refractivity contribution in [1.82, 2.24) is 14.9 Å². The number of aromatic nitrogens is 2. The van der Waals surface area contributed by atoms with Crippen LogP contribution in [0, 0.1) is 0 Å². The molecule has 0 spiro atoms. The van der Waals surface area contributed by atoms with Crippen LogP contribution in [0.25, 0.3) is 11.0 Å². The van der Waals surface area contributed by atoms with Gasteiger partial charge in [0.1, 0.15) is 11.4 Å². The molecule has 1 atom stereocenters. The van der Waals surface area contributed by atoms with Gasteiger partial charge in [0.25, 0.3) is 0 Å². The average Bonchev–Trinajstić information content (AvgIpc) is 2.52. The number of hydrogen-bond donors (Lipinski definition) is 0. The molecule has 0 saturated carbocycles. The van der Waals surface area contributed by atoms with Crippen LogP contribution in [0.4, 0.5) is 10.6 Å². The van der Waals surface area contributed by atoms with Crippen molar-refractivity contribution in [3.05, 3.63) is 30.5 Å². The number of anilines is 1. The Morgan fingerprint density at radius 3 is 2.58 bits per heavy atom. The van der Waals surface area contributed by atoms with Gasteiger partial charge in [-0.05, 0) is 39.8 Å². The van der Waals surface area contributed by atoms with E-state index in [1.165, 1.54) is 0 Å². The number of carbonyl (C=O) groups is 1. The van der Waals surface area contributed by atoms with Gasteiger partial charge in [-0.3, -0.25) is 4.98 Å². The van der Waals surface area contributed by atoms with E-state index in [4.69, 9.17) is 9.72 Å². The second-order valence-corrected chi connectivity index (χ2v) is 7.19. The summed E-state index contributed by atoms with van der Waals surface area (Å²) in [5, 5.41) is 0. The molecule has 1 aliphatic rings. The van der Waals surface area contributed by atoms with E-state index in [0.29, 0.717) is 19.6 Å². The van der Waals surface area contributed by atoms with Crippen molar-refractivity contribution in [2.75, 3.05) is 24.5 Å². The van der Waals surface area contributed by atoms with Crippen LogP contribution in [0.1, 0.15) is 27.7 Å². The molecular weight excluding hydrogens is 304 g/mol. The highest BCUT2D eigenvalue weighted by atomic mass is 16.6. The molecule has 2 heterocycles. The normalized spacial score (nSPS) is 18.8. The molecule has 1 aliphatic heterocycles. The van der Waals surface area contributed by atoms with Gasteiger partial charge < -0.3 is 14.5 Å². The fourth-order valence-electron chi connectivity index (χ4n) is 2.88. The summed E-state index contributed by atoms with van der Waals surface area (Å²) in [4.78, 5) is 25.4. The first kappa shape index (κ1) is 16.5. The lowest BCUT2D eigenvalue weighted by atomic mass is 10.2. The van der Waals surface area contributed by atoms with E-state index in [9.17, 15) is 4.79 Å². The van der Waals surface area contributed by atoms with E-state index in [1.54, 1.807) is 4.90 Å². The van der Waals surface area contributed by atoms with Gasteiger partial charge in [-0.25, -0.2) is 9.78 Å². The second kappa shape index (κ2) is 6.26. The summed E-state index contributed by atoms with van der Waals surface area (Å²) in [5.41, 5.74) is 1.31. The number of piperazine rings is 1. The van der Waals surface area contributed by atoms with E-state index in [2.05, 4.69) is 16.8 Å². The van der Waals surface area contributed by atoms with Gasteiger partial charge in [-0.15, -0.1) is 0 Å². The monoisotopic (exact) mass is 328 g/mol. The summed E-state index contributed by atoms with van der Waals surface area (Å²) < 4.78 is 5.46. The number of ether oxygens (including phenoxy) is 1. The van der Waals surface area contributed by atoms with Crippen LogP contribution in [0.2, 0.25) is 0 Å². The third-order valence-corrected chi connectivity index (χ3v) is 4.01. The molecule has 24 heavy (non-hydrogen) atoms. The summed E-state index contributed by atoms with van der Waals surface area (Å²) in [6, 6.07) is 7.99. The van der Waals surface area contributed by atoms with Crippen LogP contribution < -0.4 is 4.90 Å². The highest BCUT2D eigenvalue weighted by Crippen LogP contribution is 2.21. The van der Waals surface area contributed by atoms with Crippen LogP contribution in [0.3, 0.4) is 0 Å². The molecular formula is C18H24N4O2. The summed E-state index contributed by atoms with van der Waals surface area (Å²) in [7, 11) is 0. The van der Waals surface area contributed by atoms with Gasteiger partial charge in [0.2, 0.25) is 0 Å². The molecule has 0 N–H and O–H groups in total. The predicted molar refractivity (Wildman–Crippen MR) is 94.2 cm³/mol. The van der Waals surface area contributed by atoms with Crippen molar-refractivity contribution in [3.63, 3.8) is 0 Å². The molecule has 0 bridgehead atoms. The summed E-state index contributed by atoms with van der Waals surface area (Å²) in [5.74, 6) is 0.852. The minimum atomic E-state index is -0.471. The number of nitrogens with zero attached hydrogens (tertiary/aromatic N) is 4. The van der Waals surface area contributed by atoms with Gasteiger partial charge >= 0.3 is 6.09 Å². The molecule has 0 aliphatic carbocycles. The highest BCUT2D eigenvalue weighted by Gasteiger charge is 2.30. The van der Waals surface area contributed by atoms with Crippen molar-refractivity contribution >= 4 is 22.9 Å². The number of carbonyl (C=O) groups excluding carboxylic acids is 1. The Bertz CT molecular complexity index is 741. The van der Waals surface area contributed by atoms with Crippen molar-refractivity contribution in [2.24, 2.45) is 0 Å². The minimum absolute atomic E-state index is 0.154. The molecule has 128 valence electrons. The predicted octanol–water partition coefficient (Wildman–Crippen LogP) is 3.08. The Labute approximate surface area is 142 Å². The van der Waals surface area contributed by atoms with Gasteiger partial charge in [-0.2, -0.15) is 0 Å². The van der Waals surface area contributed by atoms with Crippen molar-refractivity contribution in [1.29, 1.82) is 0 Å². The first-order valence-electron chi connectivity index (χ1n) is 8.30. The van der Waals surface area contributed by atoms with E-state index < -0.39 is 5.60 Å². The first-order chi connectivity index (χ1) is 11.3. The Kier molecular flexibility index (Phi) is 4.30. The molecule has 6 nitrogen and oxygen atoms in total. The fraction of sp³-hybridized carbons (Fsp3) is 0.500. The number of rotatable bonds is 1. The minimum Gasteiger partial charge on any atom is -0.444 e. The van der Waals surface area contributed by atoms with Crippen molar-refractivity contribution in [3.8, 4) is 0 Å². The molecule has 3 rings (SSSR count). The third kappa shape index (κ3) is 3.58. The molecule has 0 radical (unpaired) electrons. The summed E-state index contributed by atoms with van der Waals surface area (Å²) >= 11 is 0. The Morgan fingerprint density at radius 1 is 1.21 bits per heavy atom. The number of fused-ring (bicyclic) bond motifs is 1. The Morgan fingerprint density at radius 2 is 1.92 bits per heavy atom. The molecule has 1 aromatic heterocycles. The zero-order chi connectivity index (χ0) is 17.3. The summed E-state index contributed by atoms with van der Waals surface area (Å²) in [6.45, 7) is 9.69. The number of hydrogen-bond acceptors (Lipinski definition) is 5. The molecule has 1 amide bonds. The lowest BCUT2D eigenvalue weighted by Gasteiger charge is -2.40. The topological polar surface area (TPSA) is 58.6 Å². The maximum Gasteiger partial charge on any atom is 0.410 e. The number of amides is 1. The molecule has 1 saturated heterocycles. The van der Waals surface area contributed by atoms with Crippen LogP contribution in [-0.4, -0.2) is 52.2 Å². The quantitative estimate of drug-likeness (QED) is 0.805. The smallest absolute Gasteiger partial charge is 0.410 e. The van der Waals surface area contributed by atoms with Gasteiger partial charge in [0.05, 0.1) is 17.2 Å². The highest BCUT2D eigenvalue weighted by molar-refractivity contribution is 5.75. The van der Waals surface area contributed by atoms with Crippen LogP contribution in [0.15, 0.2) is 30.5 Å². The lowest BCUT2D eigenvalue weighted by molar-refractivity contribution is 0.0218. The van der Waals surface area contributed by atoms with E-state index in [-0.39, 0.29) is 12.1 Å². The van der Waals surface area contributed by atoms with Crippen LogP contribution in [0.5, 0.6) is 0 Å². The van der Waals surface area contributed by atoms with Crippen LogP contribution >= 0.6 is 0 Å². The SMILES string of the molecule is CC1CN(C(=O)OC(C)(C)C)CCN1c1cnc2ccccc2n1. The average molecular weight is 328 g/mol. The fourth-order valence-corrected chi connectivity index (χ4v) is 2.88. The molecule has 1 unspecified atom stereocenters. The molecule has 6 heteroatoms. The zero-order valence-corrected chi connectivity index (χ0v) is 14.7.